The average Bonchev–Trinajstić information content (AvgIpc) is 2.83. The summed E-state index contributed by atoms with van der Waals surface area (Å²) >= 11 is 0. The van der Waals surface area contributed by atoms with E-state index in [4.69, 9.17) is 0 Å². The Labute approximate surface area is 111 Å². The summed E-state index contributed by atoms with van der Waals surface area (Å²) in [6, 6.07) is 3.41. The number of aromatic nitrogens is 4. The monoisotopic (exact) mass is 260 g/mol. The number of amides is 1. The van der Waals surface area contributed by atoms with Gasteiger partial charge < -0.3 is 14.8 Å². The van der Waals surface area contributed by atoms with Gasteiger partial charge in [-0.25, -0.2) is 4.98 Å². The molecule has 0 aliphatic rings. The third kappa shape index (κ3) is 2.87. The van der Waals surface area contributed by atoms with Gasteiger partial charge in [0, 0.05) is 33.5 Å². The van der Waals surface area contributed by atoms with Gasteiger partial charge in [-0.2, -0.15) is 0 Å². The van der Waals surface area contributed by atoms with Gasteiger partial charge in [0.1, 0.15) is 5.82 Å². The van der Waals surface area contributed by atoms with Crippen molar-refractivity contribution >= 4 is 11.7 Å². The van der Waals surface area contributed by atoms with Crippen LogP contribution in [0.1, 0.15) is 16.3 Å². The summed E-state index contributed by atoms with van der Waals surface area (Å²) in [7, 11) is 5.40. The van der Waals surface area contributed by atoms with Crippen molar-refractivity contribution in [3.8, 4) is 0 Å². The summed E-state index contributed by atoms with van der Waals surface area (Å²) in [5.41, 5.74) is 0.302. The van der Waals surface area contributed by atoms with Crippen LogP contribution in [0.15, 0.2) is 24.5 Å². The number of imidazole rings is 1. The van der Waals surface area contributed by atoms with Gasteiger partial charge in [-0.3, -0.25) is 4.79 Å². The number of aryl methyl sites for hydroxylation is 1. The second-order valence-electron chi connectivity index (χ2n) is 4.17. The minimum atomic E-state index is -0.245. The topological polar surface area (TPSA) is 75.9 Å². The zero-order valence-electron chi connectivity index (χ0n) is 11.2. The predicted molar refractivity (Wildman–Crippen MR) is 70.7 cm³/mol. The van der Waals surface area contributed by atoms with Crippen LogP contribution in [0.4, 0.5) is 5.82 Å². The summed E-state index contributed by atoms with van der Waals surface area (Å²) < 4.78 is 1.95. The lowest BCUT2D eigenvalue weighted by Gasteiger charge is -2.17. The molecule has 0 unspecified atom stereocenters. The number of carbonyl (C=O) groups excluding carboxylic acids is 1. The molecule has 0 aliphatic carbocycles. The molecular weight excluding hydrogens is 244 g/mol. The van der Waals surface area contributed by atoms with E-state index in [-0.39, 0.29) is 5.91 Å². The average molecular weight is 260 g/mol. The first-order chi connectivity index (χ1) is 9.11. The number of nitrogens with zero attached hydrogens (tertiary/aromatic N) is 5. The number of anilines is 1. The third-order valence-corrected chi connectivity index (χ3v) is 2.80. The zero-order valence-corrected chi connectivity index (χ0v) is 11.2. The molecule has 0 spiro atoms. The quantitative estimate of drug-likeness (QED) is 0.850. The first-order valence-electron chi connectivity index (χ1n) is 5.85. The number of nitrogens with one attached hydrogen (secondary N) is 1. The highest BCUT2D eigenvalue weighted by Crippen LogP contribution is 2.10. The Bertz CT molecular complexity index is 562. The first-order valence-corrected chi connectivity index (χ1v) is 5.85. The van der Waals surface area contributed by atoms with E-state index in [0.717, 1.165) is 5.82 Å². The Hall–Kier alpha value is -2.44. The second kappa shape index (κ2) is 5.47. The highest BCUT2D eigenvalue weighted by atomic mass is 16.1. The molecule has 7 heteroatoms. The second-order valence-corrected chi connectivity index (χ2v) is 4.17. The number of hydrogen-bond donors (Lipinski definition) is 1. The Morgan fingerprint density at radius 1 is 1.42 bits per heavy atom. The van der Waals surface area contributed by atoms with E-state index >= 15 is 0 Å². The maximum atomic E-state index is 11.4. The minimum Gasteiger partial charge on any atom is -0.354 e. The fourth-order valence-corrected chi connectivity index (χ4v) is 1.62. The van der Waals surface area contributed by atoms with Crippen LogP contribution in [-0.4, -0.2) is 39.8 Å². The lowest BCUT2D eigenvalue weighted by molar-refractivity contribution is 0.0957. The van der Waals surface area contributed by atoms with Crippen LogP contribution in [0, 0.1) is 0 Å². The fraction of sp³-hybridized carbons (Fsp3) is 0.333. The molecule has 0 atom stereocenters. The van der Waals surface area contributed by atoms with Crippen molar-refractivity contribution in [3.63, 3.8) is 0 Å². The van der Waals surface area contributed by atoms with Gasteiger partial charge in [0.05, 0.1) is 6.54 Å². The summed E-state index contributed by atoms with van der Waals surface area (Å²) in [6.45, 7) is 0.623. The Balaban J connectivity index is 2.09. The van der Waals surface area contributed by atoms with Gasteiger partial charge in [-0.15, -0.1) is 10.2 Å². The van der Waals surface area contributed by atoms with E-state index < -0.39 is 0 Å². The fourth-order valence-electron chi connectivity index (χ4n) is 1.62. The summed E-state index contributed by atoms with van der Waals surface area (Å²) in [5, 5.41) is 10.4. The molecule has 1 amide bonds. The standard InChI is InChI=1S/C12H16N6O/c1-13-12(19)9-4-5-10(16-15-9)18(3)8-11-14-6-7-17(11)2/h4-7H,8H2,1-3H3,(H,13,19). The van der Waals surface area contributed by atoms with E-state index in [1.807, 2.05) is 29.8 Å². The van der Waals surface area contributed by atoms with Crippen molar-refractivity contribution < 1.29 is 4.79 Å². The molecule has 0 aromatic carbocycles. The lowest BCUT2D eigenvalue weighted by atomic mass is 10.3. The number of carbonyl (C=O) groups is 1. The summed E-state index contributed by atoms with van der Waals surface area (Å²) in [4.78, 5) is 17.5. The molecule has 0 saturated carbocycles. The molecule has 2 rings (SSSR count). The van der Waals surface area contributed by atoms with Crippen molar-refractivity contribution in [2.75, 3.05) is 19.0 Å². The molecule has 0 aliphatic heterocycles. The van der Waals surface area contributed by atoms with Crippen LogP contribution in [0.25, 0.3) is 0 Å². The van der Waals surface area contributed by atoms with Crippen LogP contribution >= 0.6 is 0 Å². The molecule has 2 aromatic heterocycles. The van der Waals surface area contributed by atoms with Gasteiger partial charge in [0.2, 0.25) is 0 Å². The number of rotatable bonds is 4. The van der Waals surface area contributed by atoms with Crippen LogP contribution in [0.3, 0.4) is 0 Å². The largest absolute Gasteiger partial charge is 0.354 e. The number of hydrogen-bond acceptors (Lipinski definition) is 5. The van der Waals surface area contributed by atoms with Crippen molar-refractivity contribution in [2.45, 2.75) is 6.54 Å². The SMILES string of the molecule is CNC(=O)c1ccc(N(C)Cc2nccn2C)nn1. The van der Waals surface area contributed by atoms with Crippen molar-refractivity contribution in [1.29, 1.82) is 0 Å². The Kier molecular flexibility index (Phi) is 3.74. The summed E-state index contributed by atoms with van der Waals surface area (Å²) in [6.07, 6.45) is 3.65. The molecule has 2 heterocycles. The first kappa shape index (κ1) is 13.0. The maximum Gasteiger partial charge on any atom is 0.271 e. The zero-order chi connectivity index (χ0) is 13.8. The smallest absolute Gasteiger partial charge is 0.271 e. The third-order valence-electron chi connectivity index (χ3n) is 2.80. The molecule has 100 valence electrons. The van der Waals surface area contributed by atoms with Gasteiger partial charge >= 0.3 is 0 Å². The Morgan fingerprint density at radius 3 is 2.74 bits per heavy atom. The van der Waals surface area contributed by atoms with Gasteiger partial charge in [-0.05, 0) is 12.1 Å². The maximum absolute atomic E-state index is 11.4. The van der Waals surface area contributed by atoms with Gasteiger partial charge in [0.15, 0.2) is 11.5 Å². The lowest BCUT2D eigenvalue weighted by Crippen LogP contribution is -2.23. The normalized spacial score (nSPS) is 10.3. The van der Waals surface area contributed by atoms with Crippen LogP contribution < -0.4 is 10.2 Å². The van der Waals surface area contributed by atoms with Crippen molar-refractivity contribution in [1.82, 2.24) is 25.1 Å². The van der Waals surface area contributed by atoms with E-state index in [1.165, 1.54) is 0 Å². The molecule has 0 bridgehead atoms. The highest BCUT2D eigenvalue weighted by Gasteiger charge is 2.10. The molecule has 0 saturated heterocycles. The molecule has 0 radical (unpaired) electrons. The highest BCUT2D eigenvalue weighted by molar-refractivity contribution is 5.91. The van der Waals surface area contributed by atoms with Gasteiger partial charge in [0.25, 0.3) is 5.91 Å². The van der Waals surface area contributed by atoms with Crippen LogP contribution in [-0.2, 0) is 13.6 Å². The van der Waals surface area contributed by atoms with Crippen LogP contribution in [0.5, 0.6) is 0 Å². The van der Waals surface area contributed by atoms with E-state index in [0.29, 0.717) is 18.1 Å². The van der Waals surface area contributed by atoms with Crippen molar-refractivity contribution in [3.05, 3.63) is 36.0 Å². The molecule has 1 N–H and O–H groups in total. The molecule has 2 aromatic rings. The van der Waals surface area contributed by atoms with Crippen molar-refractivity contribution in [2.24, 2.45) is 7.05 Å². The van der Waals surface area contributed by atoms with Gasteiger partial charge in [-0.1, -0.05) is 0 Å². The molecule has 7 nitrogen and oxygen atoms in total. The van der Waals surface area contributed by atoms with E-state index in [2.05, 4.69) is 20.5 Å². The predicted octanol–water partition coefficient (Wildman–Crippen LogP) is 0.206. The minimum absolute atomic E-state index is 0.245. The molecule has 19 heavy (non-hydrogen) atoms. The van der Waals surface area contributed by atoms with E-state index in [1.54, 1.807) is 25.4 Å². The van der Waals surface area contributed by atoms with E-state index in [9.17, 15) is 4.79 Å². The molecular formula is C12H16N6O. The molecule has 0 fully saturated rings. The summed E-state index contributed by atoms with van der Waals surface area (Å²) in [5.74, 6) is 1.38. The van der Waals surface area contributed by atoms with Crippen LogP contribution in [0.2, 0.25) is 0 Å². The Morgan fingerprint density at radius 2 is 2.21 bits per heavy atom.